The number of rotatable bonds is 5. The Labute approximate surface area is 130 Å². The van der Waals surface area contributed by atoms with Crippen LogP contribution in [0.15, 0.2) is 12.4 Å². The monoisotopic (exact) mass is 321 g/mol. The Balaban J connectivity index is 2.35. The highest BCUT2D eigenvalue weighted by Gasteiger charge is 2.27. The van der Waals surface area contributed by atoms with E-state index in [0.717, 1.165) is 0 Å². The van der Waals surface area contributed by atoms with Crippen LogP contribution in [-0.4, -0.2) is 43.3 Å². The van der Waals surface area contributed by atoms with Crippen molar-refractivity contribution in [2.45, 2.75) is 13.5 Å². The predicted octanol–water partition coefficient (Wildman–Crippen LogP) is 0.157. The first kappa shape index (κ1) is 16.1. The van der Waals surface area contributed by atoms with Crippen LogP contribution in [0.3, 0.4) is 0 Å². The van der Waals surface area contributed by atoms with Crippen molar-refractivity contribution in [1.82, 2.24) is 24.9 Å². The molecular weight excluding hydrogens is 306 g/mol. The highest BCUT2D eigenvalue weighted by atomic mass is 16.6. The molecule has 0 spiro atoms. The van der Waals surface area contributed by atoms with E-state index in [0.29, 0.717) is 6.54 Å². The first-order valence-corrected chi connectivity index (χ1v) is 6.66. The first-order chi connectivity index (χ1) is 10.9. The molecule has 0 aliphatic heterocycles. The normalized spacial score (nSPS) is 10.4. The van der Waals surface area contributed by atoms with Crippen LogP contribution in [0.5, 0.6) is 0 Å². The van der Waals surface area contributed by atoms with Crippen molar-refractivity contribution in [1.29, 1.82) is 0 Å². The Morgan fingerprint density at radius 2 is 1.96 bits per heavy atom. The smallest absolute Gasteiger partial charge is 0.320 e. The number of carbonyl (C=O) groups is 2. The summed E-state index contributed by atoms with van der Waals surface area (Å²) in [6, 6.07) is 0. The summed E-state index contributed by atoms with van der Waals surface area (Å²) < 4.78 is 2.63. The molecule has 0 aromatic carbocycles. The molecule has 0 unspecified atom stereocenters. The second-order valence-corrected chi connectivity index (χ2v) is 4.57. The molecule has 2 amide bonds. The summed E-state index contributed by atoms with van der Waals surface area (Å²) in [5, 5.41) is 23.7. The number of aromatic nitrogens is 4. The maximum absolute atomic E-state index is 12.3. The van der Waals surface area contributed by atoms with E-state index >= 15 is 0 Å². The number of carbonyl (C=O) groups excluding carboxylic acids is 2. The quantitative estimate of drug-likeness (QED) is 0.594. The van der Waals surface area contributed by atoms with Crippen molar-refractivity contribution in [3.05, 3.63) is 33.9 Å². The fraction of sp³-hybridized carbons (Fsp3) is 0.333. The van der Waals surface area contributed by atoms with Gasteiger partial charge in [0.15, 0.2) is 5.69 Å². The van der Waals surface area contributed by atoms with Gasteiger partial charge in [0.05, 0.1) is 10.6 Å². The Kier molecular flexibility index (Phi) is 4.39. The third kappa shape index (κ3) is 3.17. The Morgan fingerprint density at radius 3 is 2.52 bits per heavy atom. The van der Waals surface area contributed by atoms with Crippen molar-refractivity contribution in [3.8, 4) is 0 Å². The lowest BCUT2D eigenvalue weighted by Crippen LogP contribution is -2.22. The third-order valence-corrected chi connectivity index (χ3v) is 3.00. The molecule has 0 saturated carbocycles. The number of anilines is 1. The molecule has 0 aliphatic carbocycles. The highest BCUT2D eigenvalue weighted by Crippen LogP contribution is 2.20. The zero-order chi connectivity index (χ0) is 17.1. The molecule has 2 rings (SSSR count). The molecule has 0 fully saturated rings. The zero-order valence-electron chi connectivity index (χ0n) is 12.7. The van der Waals surface area contributed by atoms with E-state index in [-0.39, 0.29) is 17.1 Å². The van der Waals surface area contributed by atoms with Crippen LogP contribution < -0.4 is 10.6 Å². The number of hydrogen-bond acceptors (Lipinski definition) is 6. The summed E-state index contributed by atoms with van der Waals surface area (Å²) in [5.41, 5.74) is -0.601. The molecule has 23 heavy (non-hydrogen) atoms. The van der Waals surface area contributed by atoms with Crippen LogP contribution in [0.25, 0.3) is 0 Å². The third-order valence-electron chi connectivity index (χ3n) is 3.00. The van der Waals surface area contributed by atoms with Gasteiger partial charge in [-0.2, -0.15) is 10.2 Å². The van der Waals surface area contributed by atoms with E-state index in [1.54, 1.807) is 14.0 Å². The minimum absolute atomic E-state index is 0.000859. The van der Waals surface area contributed by atoms with Gasteiger partial charge in [0.2, 0.25) is 5.69 Å². The lowest BCUT2D eigenvalue weighted by atomic mass is 10.3. The molecule has 0 saturated heterocycles. The van der Waals surface area contributed by atoms with Gasteiger partial charge in [0, 0.05) is 26.8 Å². The highest BCUT2D eigenvalue weighted by molar-refractivity contribution is 6.08. The number of nitrogens with one attached hydrogen (secondary N) is 2. The maximum Gasteiger partial charge on any atom is 0.320 e. The van der Waals surface area contributed by atoms with Gasteiger partial charge in [-0.1, -0.05) is 0 Å². The van der Waals surface area contributed by atoms with Crippen molar-refractivity contribution >= 4 is 23.2 Å². The largest absolute Gasteiger partial charge is 0.354 e. The van der Waals surface area contributed by atoms with Crippen LogP contribution in [0, 0.1) is 10.1 Å². The van der Waals surface area contributed by atoms with E-state index < -0.39 is 22.4 Å². The number of hydrogen-bond donors (Lipinski definition) is 2. The molecule has 2 heterocycles. The summed E-state index contributed by atoms with van der Waals surface area (Å²) in [6.07, 6.45) is 2.60. The predicted molar refractivity (Wildman–Crippen MR) is 79.1 cm³/mol. The van der Waals surface area contributed by atoms with E-state index in [1.807, 2.05) is 0 Å². The Morgan fingerprint density at radius 1 is 1.26 bits per heavy atom. The number of nitrogens with zero attached hydrogens (tertiary/aromatic N) is 5. The molecule has 11 heteroatoms. The van der Waals surface area contributed by atoms with Gasteiger partial charge < -0.3 is 10.6 Å². The maximum atomic E-state index is 12.3. The van der Waals surface area contributed by atoms with E-state index in [4.69, 9.17) is 0 Å². The van der Waals surface area contributed by atoms with Crippen LogP contribution >= 0.6 is 0 Å². The fourth-order valence-electron chi connectivity index (χ4n) is 1.92. The van der Waals surface area contributed by atoms with E-state index in [1.165, 1.54) is 28.8 Å². The topological polar surface area (TPSA) is 137 Å². The zero-order valence-corrected chi connectivity index (χ0v) is 12.7. The van der Waals surface area contributed by atoms with Crippen LogP contribution in [-0.2, 0) is 13.6 Å². The first-order valence-electron chi connectivity index (χ1n) is 6.66. The summed E-state index contributed by atoms with van der Waals surface area (Å²) in [4.78, 5) is 34.3. The van der Waals surface area contributed by atoms with Gasteiger partial charge in [-0.15, -0.1) is 0 Å². The van der Waals surface area contributed by atoms with E-state index in [2.05, 4.69) is 20.8 Å². The van der Waals surface area contributed by atoms with Gasteiger partial charge in [-0.25, -0.2) is 0 Å². The van der Waals surface area contributed by atoms with Gasteiger partial charge in [-0.05, 0) is 6.92 Å². The van der Waals surface area contributed by atoms with Crippen LogP contribution in [0.4, 0.5) is 11.4 Å². The number of nitro groups is 1. The molecule has 11 nitrogen and oxygen atoms in total. The number of amides is 2. The van der Waals surface area contributed by atoms with Crippen LogP contribution in [0.1, 0.15) is 27.9 Å². The molecule has 2 N–H and O–H groups in total. The molecular formula is C12H15N7O4. The summed E-state index contributed by atoms with van der Waals surface area (Å²) in [5.74, 6) is -1.28. The van der Waals surface area contributed by atoms with Crippen molar-refractivity contribution < 1.29 is 14.5 Å². The minimum Gasteiger partial charge on any atom is -0.354 e. The average molecular weight is 321 g/mol. The Hall–Kier alpha value is -3.24. The summed E-state index contributed by atoms with van der Waals surface area (Å²) >= 11 is 0. The second kappa shape index (κ2) is 6.25. The second-order valence-electron chi connectivity index (χ2n) is 4.57. The standard InChI is InChI=1S/C12H15N7O4/c1-4-18-6-8(19(22)23)10(16-18)12(21)14-7-5-17(3)15-9(7)11(20)13-2/h5-6H,4H2,1-3H3,(H,13,20)(H,14,21). The molecule has 122 valence electrons. The van der Waals surface area contributed by atoms with Crippen molar-refractivity contribution in [2.24, 2.45) is 7.05 Å². The lowest BCUT2D eigenvalue weighted by molar-refractivity contribution is -0.385. The van der Waals surface area contributed by atoms with E-state index in [9.17, 15) is 19.7 Å². The molecule has 0 bridgehead atoms. The summed E-state index contributed by atoms with van der Waals surface area (Å²) in [7, 11) is 3.01. The van der Waals surface area contributed by atoms with Gasteiger partial charge >= 0.3 is 5.69 Å². The Bertz CT molecular complexity index is 776. The number of aryl methyl sites for hydroxylation is 2. The molecule has 2 aromatic heterocycles. The fourth-order valence-corrected chi connectivity index (χ4v) is 1.92. The van der Waals surface area contributed by atoms with Crippen molar-refractivity contribution in [2.75, 3.05) is 12.4 Å². The SMILES string of the molecule is CCn1cc([N+](=O)[O-])c(C(=O)Nc2cn(C)nc2C(=O)NC)n1. The average Bonchev–Trinajstić information content (AvgIpc) is 3.10. The molecule has 0 atom stereocenters. The minimum atomic E-state index is -0.790. The lowest BCUT2D eigenvalue weighted by Gasteiger charge is -2.02. The van der Waals surface area contributed by atoms with Crippen LogP contribution in [0.2, 0.25) is 0 Å². The van der Waals surface area contributed by atoms with Gasteiger partial charge in [0.25, 0.3) is 11.8 Å². The molecule has 2 aromatic rings. The summed E-state index contributed by atoms with van der Waals surface area (Å²) in [6.45, 7) is 2.12. The van der Waals surface area contributed by atoms with Crippen molar-refractivity contribution in [3.63, 3.8) is 0 Å². The molecule has 0 radical (unpaired) electrons. The molecule has 0 aliphatic rings. The van der Waals surface area contributed by atoms with Gasteiger partial charge in [0.1, 0.15) is 6.20 Å². The van der Waals surface area contributed by atoms with Gasteiger partial charge in [-0.3, -0.25) is 29.1 Å².